The van der Waals surface area contributed by atoms with Crippen LogP contribution in [0.4, 0.5) is 5.69 Å². The third kappa shape index (κ3) is 1.79. The molecule has 1 aromatic rings. The summed E-state index contributed by atoms with van der Waals surface area (Å²) in [6, 6.07) is 5.23. The van der Waals surface area contributed by atoms with E-state index in [9.17, 15) is 5.11 Å². The van der Waals surface area contributed by atoms with Gasteiger partial charge in [0.25, 0.3) is 0 Å². The summed E-state index contributed by atoms with van der Waals surface area (Å²) in [4.78, 5) is 5.91. The fourth-order valence-electron chi connectivity index (χ4n) is 1.30. The smallest absolute Gasteiger partial charge is 0.149 e. The molecule has 0 radical (unpaired) electrons. The van der Waals surface area contributed by atoms with Gasteiger partial charge in [-0.05, 0) is 12.1 Å². The summed E-state index contributed by atoms with van der Waals surface area (Å²) >= 11 is 0. The Morgan fingerprint density at radius 3 is 2.57 bits per heavy atom. The molecular weight excluding hydrogens is 178 g/mol. The largest absolute Gasteiger partial charge is 0.505 e. The first-order valence-electron chi connectivity index (χ1n) is 4.30. The highest BCUT2D eigenvalue weighted by atomic mass is 16.3. The predicted octanol–water partition coefficient (Wildman–Crippen LogP) is 0.912. The summed E-state index contributed by atoms with van der Waals surface area (Å²) in [5.74, 6) is 0.789. The lowest BCUT2D eigenvalue weighted by molar-refractivity contribution is 0.474. The number of phenolic OH excluding ortho intramolecular Hbond substituents is 1. The molecule has 14 heavy (non-hydrogen) atoms. The minimum Gasteiger partial charge on any atom is -0.505 e. The van der Waals surface area contributed by atoms with Gasteiger partial charge in [0.2, 0.25) is 0 Å². The lowest BCUT2D eigenvalue weighted by Crippen LogP contribution is -2.23. The minimum absolute atomic E-state index is 0.0850. The van der Waals surface area contributed by atoms with Gasteiger partial charge < -0.3 is 15.7 Å². The summed E-state index contributed by atoms with van der Waals surface area (Å²) in [5, 5.41) is 9.72. The van der Waals surface area contributed by atoms with Crippen LogP contribution in [0, 0.1) is 0 Å². The van der Waals surface area contributed by atoms with Crippen molar-refractivity contribution in [3.63, 3.8) is 0 Å². The Bertz CT molecular complexity index is 358. The van der Waals surface area contributed by atoms with Gasteiger partial charge >= 0.3 is 0 Å². The maximum atomic E-state index is 9.72. The zero-order chi connectivity index (χ0) is 10.7. The van der Waals surface area contributed by atoms with Gasteiger partial charge in [0.15, 0.2) is 0 Å². The Labute approximate surface area is 83.7 Å². The first-order valence-corrected chi connectivity index (χ1v) is 4.30. The number of rotatable bonds is 1. The Hall–Kier alpha value is -1.71. The summed E-state index contributed by atoms with van der Waals surface area (Å²) in [5.41, 5.74) is 6.61. The Kier molecular flexibility index (Phi) is 2.96. The van der Waals surface area contributed by atoms with Crippen molar-refractivity contribution in [1.82, 2.24) is 4.90 Å². The number of anilines is 1. The quantitative estimate of drug-likeness (QED) is 0.301. The second-order valence-electron chi connectivity index (χ2n) is 3.19. The fourth-order valence-corrected chi connectivity index (χ4v) is 1.30. The molecule has 4 nitrogen and oxygen atoms in total. The number of phenols is 1. The van der Waals surface area contributed by atoms with Gasteiger partial charge in [0.05, 0.1) is 11.3 Å². The first-order chi connectivity index (χ1) is 6.57. The molecule has 0 aliphatic heterocycles. The molecule has 0 saturated carbocycles. The van der Waals surface area contributed by atoms with Crippen LogP contribution in [0.15, 0.2) is 23.2 Å². The van der Waals surface area contributed by atoms with Crippen LogP contribution in [0.2, 0.25) is 0 Å². The molecule has 4 heteroatoms. The standard InChI is InChI=1S/C10H15N3O/c1-12-10(13(2)3)7-5-4-6-8(11)9(7)14/h4-6,14H,11H2,1-3H3/b12-10-. The van der Waals surface area contributed by atoms with E-state index >= 15 is 0 Å². The third-order valence-electron chi connectivity index (χ3n) is 1.94. The van der Waals surface area contributed by atoms with Gasteiger partial charge in [0, 0.05) is 21.1 Å². The molecule has 0 heterocycles. The molecule has 1 aromatic carbocycles. The van der Waals surface area contributed by atoms with Crippen LogP contribution < -0.4 is 5.73 Å². The highest BCUT2D eigenvalue weighted by Crippen LogP contribution is 2.25. The van der Waals surface area contributed by atoms with Crippen molar-refractivity contribution in [2.45, 2.75) is 0 Å². The van der Waals surface area contributed by atoms with Crippen LogP contribution in [0.3, 0.4) is 0 Å². The number of aromatic hydroxyl groups is 1. The van der Waals surface area contributed by atoms with E-state index in [2.05, 4.69) is 4.99 Å². The Balaban J connectivity index is 3.25. The number of benzene rings is 1. The van der Waals surface area contributed by atoms with E-state index in [4.69, 9.17) is 5.73 Å². The maximum absolute atomic E-state index is 9.72. The van der Waals surface area contributed by atoms with Gasteiger partial charge in [-0.3, -0.25) is 4.99 Å². The second-order valence-corrected chi connectivity index (χ2v) is 3.19. The van der Waals surface area contributed by atoms with Crippen LogP contribution in [0.5, 0.6) is 5.75 Å². The fraction of sp³-hybridized carbons (Fsp3) is 0.300. The van der Waals surface area contributed by atoms with Gasteiger partial charge in [-0.25, -0.2) is 0 Å². The van der Waals surface area contributed by atoms with E-state index in [1.165, 1.54) is 0 Å². The average molecular weight is 193 g/mol. The van der Waals surface area contributed by atoms with Gasteiger partial charge in [-0.15, -0.1) is 0 Å². The molecule has 0 atom stereocenters. The van der Waals surface area contributed by atoms with E-state index < -0.39 is 0 Å². The number of nitrogens with zero attached hydrogens (tertiary/aromatic N) is 2. The van der Waals surface area contributed by atoms with Crippen molar-refractivity contribution in [3.05, 3.63) is 23.8 Å². The zero-order valence-electron chi connectivity index (χ0n) is 8.65. The number of nitrogens with two attached hydrogens (primary N) is 1. The van der Waals surface area contributed by atoms with E-state index in [1.54, 1.807) is 25.2 Å². The van der Waals surface area contributed by atoms with Crippen LogP contribution >= 0.6 is 0 Å². The van der Waals surface area contributed by atoms with Crippen molar-refractivity contribution in [2.75, 3.05) is 26.9 Å². The normalized spacial score (nSPS) is 11.5. The number of hydrogen-bond acceptors (Lipinski definition) is 3. The summed E-state index contributed by atoms with van der Waals surface area (Å²) in [7, 11) is 5.41. The molecule has 0 amide bonds. The lowest BCUT2D eigenvalue weighted by Gasteiger charge is -2.16. The van der Waals surface area contributed by atoms with Crippen LogP contribution in [0.25, 0.3) is 0 Å². The molecule has 0 aliphatic rings. The first kappa shape index (κ1) is 10.4. The predicted molar refractivity (Wildman–Crippen MR) is 58.7 cm³/mol. The van der Waals surface area contributed by atoms with Crippen molar-refractivity contribution in [1.29, 1.82) is 0 Å². The Morgan fingerprint density at radius 1 is 1.43 bits per heavy atom. The van der Waals surface area contributed by atoms with E-state index in [-0.39, 0.29) is 5.75 Å². The zero-order valence-corrected chi connectivity index (χ0v) is 8.65. The lowest BCUT2D eigenvalue weighted by atomic mass is 10.1. The molecule has 1 rings (SSSR count). The molecule has 0 unspecified atom stereocenters. The number of aliphatic imine (C=N–C) groups is 1. The molecular formula is C10H15N3O. The second kappa shape index (κ2) is 4.00. The molecule has 0 aliphatic carbocycles. The minimum atomic E-state index is 0.0850. The number of nitrogen functional groups attached to an aromatic ring is 1. The van der Waals surface area contributed by atoms with Gasteiger partial charge in [-0.2, -0.15) is 0 Å². The highest BCUT2D eigenvalue weighted by molar-refractivity contribution is 6.02. The summed E-state index contributed by atoms with van der Waals surface area (Å²) in [6.07, 6.45) is 0. The topological polar surface area (TPSA) is 61.9 Å². The SMILES string of the molecule is C/N=C(/c1cccc(N)c1O)N(C)C. The van der Waals surface area contributed by atoms with Crippen LogP contribution in [0.1, 0.15) is 5.56 Å². The summed E-state index contributed by atoms with van der Waals surface area (Å²) in [6.45, 7) is 0. The third-order valence-corrected chi connectivity index (χ3v) is 1.94. The number of hydrogen-bond donors (Lipinski definition) is 2. The molecule has 0 saturated heterocycles. The molecule has 0 bridgehead atoms. The Morgan fingerprint density at radius 2 is 2.07 bits per heavy atom. The molecule has 0 spiro atoms. The summed E-state index contributed by atoms with van der Waals surface area (Å²) < 4.78 is 0. The van der Waals surface area contributed by atoms with Crippen molar-refractivity contribution in [3.8, 4) is 5.75 Å². The molecule has 76 valence electrons. The van der Waals surface area contributed by atoms with Crippen LogP contribution in [-0.2, 0) is 0 Å². The maximum Gasteiger partial charge on any atom is 0.149 e. The highest BCUT2D eigenvalue weighted by Gasteiger charge is 2.11. The van der Waals surface area contributed by atoms with Gasteiger partial charge in [0.1, 0.15) is 11.6 Å². The van der Waals surface area contributed by atoms with Crippen molar-refractivity contribution < 1.29 is 5.11 Å². The van der Waals surface area contributed by atoms with Crippen LogP contribution in [-0.4, -0.2) is 37.0 Å². The molecule has 3 N–H and O–H groups in total. The van der Waals surface area contributed by atoms with E-state index in [1.807, 2.05) is 19.0 Å². The van der Waals surface area contributed by atoms with E-state index in [0.717, 1.165) is 0 Å². The number of amidine groups is 1. The molecule has 0 fully saturated rings. The van der Waals surface area contributed by atoms with Gasteiger partial charge in [-0.1, -0.05) is 6.07 Å². The van der Waals surface area contributed by atoms with Crippen molar-refractivity contribution in [2.24, 2.45) is 4.99 Å². The average Bonchev–Trinajstić information content (AvgIpc) is 2.13. The molecule has 0 aromatic heterocycles. The van der Waals surface area contributed by atoms with Crippen molar-refractivity contribution >= 4 is 11.5 Å². The monoisotopic (exact) mass is 193 g/mol. The number of para-hydroxylation sites is 1. The van der Waals surface area contributed by atoms with E-state index in [0.29, 0.717) is 17.1 Å².